The van der Waals surface area contributed by atoms with Gasteiger partial charge < -0.3 is 25.0 Å². The van der Waals surface area contributed by atoms with Crippen LogP contribution >= 0.6 is 0 Å². The number of carbonyl (C=O) groups is 4. The maximum absolute atomic E-state index is 14.6. The van der Waals surface area contributed by atoms with Gasteiger partial charge in [-0.05, 0) is 89.8 Å². The number of carbonyl (C=O) groups excluding carboxylic acids is 4. The number of aryl methyl sites for hydroxylation is 2. The first-order valence-corrected chi connectivity index (χ1v) is 21.6. The van der Waals surface area contributed by atoms with Crippen molar-refractivity contribution in [3.63, 3.8) is 0 Å². The first kappa shape index (κ1) is 40.2. The van der Waals surface area contributed by atoms with Crippen molar-refractivity contribution >= 4 is 44.9 Å². The maximum atomic E-state index is 14.6. The molecule has 0 unspecified atom stereocenters. The molecular weight excluding hydrogens is 749 g/mol. The van der Waals surface area contributed by atoms with Gasteiger partial charge in [-0.25, -0.2) is 23.2 Å². The number of para-hydroxylation sites is 2. The van der Waals surface area contributed by atoms with Gasteiger partial charge in [0.25, 0.3) is 5.91 Å². The Kier molecular flexibility index (Phi) is 11.6. The van der Waals surface area contributed by atoms with E-state index < -0.39 is 74.3 Å². The Balaban J connectivity index is 1.19. The van der Waals surface area contributed by atoms with Gasteiger partial charge in [0.1, 0.15) is 35.0 Å². The van der Waals surface area contributed by atoms with E-state index in [0.29, 0.717) is 67.6 Å². The minimum absolute atomic E-state index is 0.0192. The molecule has 4 amide bonds. The normalized spacial score (nSPS) is 26.2. The molecule has 0 spiro atoms. The van der Waals surface area contributed by atoms with Crippen LogP contribution in [0.25, 0.3) is 11.0 Å². The minimum Gasteiger partial charge on any atom is -0.471 e. The van der Waals surface area contributed by atoms with Crippen LogP contribution in [0, 0.1) is 5.92 Å². The smallest absolute Gasteiger partial charge is 0.408 e. The maximum Gasteiger partial charge on any atom is 0.408 e. The summed E-state index contributed by atoms with van der Waals surface area (Å²) in [6, 6.07) is 15.3. The summed E-state index contributed by atoms with van der Waals surface area (Å²) in [5.74, 6) is -2.04. The number of hydrogen-bond acceptors (Lipinski definition) is 10. The number of ether oxygens (including phenoxy) is 2. The van der Waals surface area contributed by atoms with Gasteiger partial charge in [0.05, 0.1) is 22.8 Å². The van der Waals surface area contributed by atoms with Crippen molar-refractivity contribution in [3.05, 3.63) is 78.0 Å². The highest BCUT2D eigenvalue weighted by molar-refractivity contribution is 7.91. The number of hydrogen-bond donors (Lipinski definition) is 3. The predicted molar refractivity (Wildman–Crippen MR) is 212 cm³/mol. The van der Waals surface area contributed by atoms with Gasteiger partial charge in [-0.3, -0.25) is 19.1 Å². The Bertz CT molecular complexity index is 2140. The summed E-state index contributed by atoms with van der Waals surface area (Å²) in [6.45, 7) is 5.18. The highest BCUT2D eigenvalue weighted by atomic mass is 32.2. The first-order chi connectivity index (χ1) is 27.2. The second-order valence-electron chi connectivity index (χ2n) is 16.6. The van der Waals surface area contributed by atoms with Gasteiger partial charge in [-0.2, -0.15) is 0 Å². The minimum atomic E-state index is -3.90. The zero-order valence-electron chi connectivity index (χ0n) is 32.7. The monoisotopic (exact) mass is 800 g/mol. The lowest BCUT2D eigenvalue weighted by Gasteiger charge is -2.30. The van der Waals surface area contributed by atoms with Crippen LogP contribution < -0.4 is 20.1 Å². The van der Waals surface area contributed by atoms with Gasteiger partial charge in [0.15, 0.2) is 0 Å². The Hall–Kier alpha value is -5.05. The molecule has 3 N–H and O–H groups in total. The Morgan fingerprint density at radius 3 is 2.39 bits per heavy atom. The van der Waals surface area contributed by atoms with Crippen LogP contribution in [0.4, 0.5) is 4.79 Å². The topological polar surface area (TPSA) is 186 Å². The summed E-state index contributed by atoms with van der Waals surface area (Å²) >= 11 is 0. The third kappa shape index (κ3) is 9.74. The molecule has 2 aliphatic carbocycles. The van der Waals surface area contributed by atoms with E-state index in [2.05, 4.69) is 15.4 Å². The van der Waals surface area contributed by atoms with Crippen molar-refractivity contribution in [2.75, 3.05) is 6.54 Å². The molecule has 3 fully saturated rings. The lowest BCUT2D eigenvalue weighted by Crippen LogP contribution is -2.58. The molecule has 1 saturated heterocycles. The number of allylic oxidation sites excluding steroid dienone is 1. The van der Waals surface area contributed by atoms with Gasteiger partial charge in [0.2, 0.25) is 27.7 Å². The van der Waals surface area contributed by atoms with Crippen molar-refractivity contribution in [2.45, 2.75) is 126 Å². The zero-order chi connectivity index (χ0) is 40.4. The van der Waals surface area contributed by atoms with Gasteiger partial charge in [-0.1, -0.05) is 67.5 Å². The molecule has 7 rings (SSSR count). The fourth-order valence-electron chi connectivity index (χ4n) is 7.64. The highest BCUT2D eigenvalue weighted by Gasteiger charge is 2.62. The fourth-order valence-corrected chi connectivity index (χ4v) is 9.00. The fraction of sp³-hybridized carbons (Fsp3) is 0.524. The first-order valence-electron chi connectivity index (χ1n) is 20.0. The number of nitrogens with one attached hydrogen (secondary N) is 3. The summed E-state index contributed by atoms with van der Waals surface area (Å²) in [6.07, 6.45) is 7.94. The molecule has 2 saturated carbocycles. The third-order valence-electron chi connectivity index (χ3n) is 10.9. The number of nitrogens with zero attached hydrogens (tertiary/aromatic N) is 3. The SMILES string of the molecule is CC(C)(C)OC(=O)N[C@H]1CCCCC/C=C\[C@@H]2C[C@@]2(C(=O)NS(=O)(=O)C2CC2)NC(=O)[C@@H]2C[C@@H](Oc3nc4ccccc4nc3CCc3ccccc3)CN2C1=O. The molecule has 0 radical (unpaired) electrons. The van der Waals surface area contributed by atoms with E-state index in [9.17, 15) is 27.6 Å². The average molecular weight is 801 g/mol. The molecule has 1 aromatic heterocycles. The molecule has 0 bridgehead atoms. The Morgan fingerprint density at radius 1 is 0.947 bits per heavy atom. The largest absolute Gasteiger partial charge is 0.471 e. The zero-order valence-corrected chi connectivity index (χ0v) is 33.6. The van der Waals surface area contributed by atoms with Crippen LogP contribution in [0.3, 0.4) is 0 Å². The lowest BCUT2D eigenvalue weighted by atomic mass is 10.0. The number of alkyl carbamates (subject to hydrolysis) is 1. The number of rotatable bonds is 9. The molecule has 3 aromatic rings. The number of aromatic nitrogens is 2. The van der Waals surface area contributed by atoms with Crippen molar-refractivity contribution in [3.8, 4) is 5.88 Å². The molecule has 57 heavy (non-hydrogen) atoms. The van der Waals surface area contributed by atoms with Gasteiger partial charge in [0, 0.05) is 12.3 Å². The molecule has 2 aliphatic heterocycles. The molecule has 14 nitrogen and oxygen atoms in total. The van der Waals surface area contributed by atoms with E-state index in [-0.39, 0.29) is 19.4 Å². The summed E-state index contributed by atoms with van der Waals surface area (Å²) in [5.41, 5.74) is 0.760. The summed E-state index contributed by atoms with van der Waals surface area (Å²) in [4.78, 5) is 67.1. The van der Waals surface area contributed by atoms with E-state index >= 15 is 0 Å². The van der Waals surface area contributed by atoms with Crippen molar-refractivity contribution in [2.24, 2.45) is 5.92 Å². The second kappa shape index (κ2) is 16.4. The Morgan fingerprint density at radius 2 is 1.67 bits per heavy atom. The standard InChI is InChI=1S/C42H52N6O8S/c1-41(2,3)56-40(52)45-34-19-11-6-4-5-10-16-28-25-42(28,39(51)47-57(53,54)30-21-22-30)46-36(49)35-24-29(26-48(35)38(34)50)55-37-33(23-20-27-14-8-7-9-15-27)43-31-17-12-13-18-32(31)44-37/h7-10,12-18,28-30,34-35H,4-6,11,19-26H2,1-3H3,(H,45,52)(H,46,49)(H,47,51)/b16-10-/t28-,29-,34+,35+,42-/m1/s1. The van der Waals surface area contributed by atoms with Crippen LogP contribution in [0.2, 0.25) is 0 Å². The second-order valence-corrected chi connectivity index (χ2v) is 18.6. The van der Waals surface area contributed by atoms with Gasteiger partial charge in [-0.15, -0.1) is 0 Å². The summed E-state index contributed by atoms with van der Waals surface area (Å²) < 4.78 is 40.1. The number of amides is 4. The van der Waals surface area contributed by atoms with E-state index in [1.54, 1.807) is 20.8 Å². The van der Waals surface area contributed by atoms with E-state index in [1.165, 1.54) is 4.90 Å². The van der Waals surface area contributed by atoms with Crippen LogP contribution in [-0.4, -0.2) is 88.2 Å². The van der Waals surface area contributed by atoms with Crippen LogP contribution in [0.5, 0.6) is 5.88 Å². The third-order valence-corrected chi connectivity index (χ3v) is 12.7. The van der Waals surface area contributed by atoms with Crippen LogP contribution in [-0.2, 0) is 42.0 Å². The van der Waals surface area contributed by atoms with Crippen LogP contribution in [0.1, 0.15) is 89.8 Å². The van der Waals surface area contributed by atoms with Gasteiger partial charge >= 0.3 is 6.09 Å². The van der Waals surface area contributed by atoms with Crippen molar-refractivity contribution in [1.29, 1.82) is 0 Å². The van der Waals surface area contributed by atoms with E-state index in [0.717, 1.165) is 18.4 Å². The van der Waals surface area contributed by atoms with Crippen molar-refractivity contribution in [1.82, 2.24) is 30.2 Å². The molecular formula is C42H52N6O8S. The summed E-state index contributed by atoms with van der Waals surface area (Å²) in [7, 11) is -3.90. The number of sulfonamides is 1. The number of fused-ring (bicyclic) bond motifs is 3. The lowest BCUT2D eigenvalue weighted by molar-refractivity contribution is -0.141. The highest BCUT2D eigenvalue weighted by Crippen LogP contribution is 2.46. The molecule has 4 aliphatic rings. The predicted octanol–water partition coefficient (Wildman–Crippen LogP) is 4.66. The number of benzene rings is 2. The average Bonchev–Trinajstić information content (AvgIpc) is 4.09. The Labute approximate surface area is 333 Å². The molecule has 15 heteroatoms. The van der Waals surface area contributed by atoms with E-state index in [4.69, 9.17) is 19.4 Å². The van der Waals surface area contributed by atoms with E-state index in [1.807, 2.05) is 66.7 Å². The molecule has 3 heterocycles. The molecule has 2 aromatic carbocycles. The van der Waals surface area contributed by atoms with Crippen molar-refractivity contribution < 1.29 is 37.1 Å². The quantitative estimate of drug-likeness (QED) is 0.257. The summed E-state index contributed by atoms with van der Waals surface area (Å²) in [5, 5.41) is 5.03. The molecule has 304 valence electrons. The molecule has 5 atom stereocenters. The van der Waals surface area contributed by atoms with Crippen LogP contribution in [0.15, 0.2) is 66.7 Å².